The van der Waals surface area contributed by atoms with Gasteiger partial charge in [-0.25, -0.2) is 19.2 Å². The molecule has 2 aliphatic rings. The van der Waals surface area contributed by atoms with E-state index in [1.54, 1.807) is 16.8 Å². The molecule has 3 rings (SSSR count). The lowest BCUT2D eigenvalue weighted by molar-refractivity contribution is -0.132. The summed E-state index contributed by atoms with van der Waals surface area (Å²) in [5.74, 6) is -0.294. The first-order valence-corrected chi connectivity index (χ1v) is 9.31. The second-order valence-electron chi connectivity index (χ2n) is 7.33. The van der Waals surface area contributed by atoms with Gasteiger partial charge in [-0.15, -0.1) is 0 Å². The predicted molar refractivity (Wildman–Crippen MR) is 97.0 cm³/mol. The molecule has 1 atom stereocenters. The monoisotopic (exact) mass is 379 g/mol. The third kappa shape index (κ3) is 4.12. The summed E-state index contributed by atoms with van der Waals surface area (Å²) in [6.07, 6.45) is 2.59. The number of hydrogen-bond acceptors (Lipinski definition) is 6. The molecule has 27 heavy (non-hydrogen) atoms. The van der Waals surface area contributed by atoms with Crippen LogP contribution < -0.4 is 4.90 Å². The fraction of sp³-hybridized carbons (Fsp3) is 0.667. The minimum Gasteiger partial charge on any atom is -0.448 e. The van der Waals surface area contributed by atoms with Crippen LogP contribution in [0.5, 0.6) is 0 Å². The van der Waals surface area contributed by atoms with Gasteiger partial charge in [-0.05, 0) is 18.8 Å². The van der Waals surface area contributed by atoms with E-state index in [2.05, 4.69) is 9.97 Å². The number of anilines is 1. The average Bonchev–Trinajstić information content (AvgIpc) is 3.06. The van der Waals surface area contributed by atoms with Gasteiger partial charge in [0, 0.05) is 26.2 Å². The Balaban J connectivity index is 1.68. The predicted octanol–water partition coefficient (Wildman–Crippen LogP) is 1.62. The van der Waals surface area contributed by atoms with Gasteiger partial charge in [-0.1, -0.05) is 13.8 Å². The summed E-state index contributed by atoms with van der Waals surface area (Å²) < 4.78 is 19.7. The number of likely N-dealkylation sites (N-methyl/N-ethyl adjacent to an activating group) is 1. The SMILES string of the molecule is CC(C)c1ncnc(N(C)C2CCCN(C(=O)CN3CCOC3=O)C2)c1F. The number of ether oxygens (including phenoxy) is 1. The Labute approximate surface area is 158 Å². The van der Waals surface area contributed by atoms with Crippen LogP contribution in [0.4, 0.5) is 15.0 Å². The van der Waals surface area contributed by atoms with Crippen molar-refractivity contribution in [1.29, 1.82) is 0 Å². The summed E-state index contributed by atoms with van der Waals surface area (Å²) in [6, 6.07) is -0.0439. The van der Waals surface area contributed by atoms with E-state index < -0.39 is 11.9 Å². The van der Waals surface area contributed by atoms with E-state index in [9.17, 15) is 14.0 Å². The van der Waals surface area contributed by atoms with Crippen molar-refractivity contribution in [3.8, 4) is 0 Å². The molecule has 2 saturated heterocycles. The molecule has 0 N–H and O–H groups in total. The number of nitrogens with zero attached hydrogens (tertiary/aromatic N) is 5. The fourth-order valence-corrected chi connectivity index (χ4v) is 3.52. The molecule has 0 saturated carbocycles. The van der Waals surface area contributed by atoms with Crippen molar-refractivity contribution >= 4 is 17.8 Å². The average molecular weight is 379 g/mol. The molecule has 0 radical (unpaired) electrons. The number of halogens is 1. The Kier molecular flexibility index (Phi) is 5.76. The van der Waals surface area contributed by atoms with Crippen LogP contribution in [0, 0.1) is 5.82 Å². The van der Waals surface area contributed by atoms with Crippen LogP contribution in [0.25, 0.3) is 0 Å². The second kappa shape index (κ2) is 8.06. The number of aromatic nitrogens is 2. The summed E-state index contributed by atoms with van der Waals surface area (Å²) in [4.78, 5) is 37.2. The van der Waals surface area contributed by atoms with Crippen LogP contribution in [0.15, 0.2) is 6.33 Å². The van der Waals surface area contributed by atoms with Crippen LogP contribution in [0.1, 0.15) is 38.3 Å². The molecule has 0 spiro atoms. The van der Waals surface area contributed by atoms with Crippen LogP contribution in [-0.2, 0) is 9.53 Å². The highest BCUT2D eigenvalue weighted by molar-refractivity contribution is 5.83. The molecule has 8 nitrogen and oxygen atoms in total. The number of hydrogen-bond donors (Lipinski definition) is 0. The topological polar surface area (TPSA) is 78.9 Å². The van der Waals surface area contributed by atoms with E-state index in [1.165, 1.54) is 11.2 Å². The summed E-state index contributed by atoms with van der Waals surface area (Å²) >= 11 is 0. The van der Waals surface area contributed by atoms with Gasteiger partial charge in [0.2, 0.25) is 5.91 Å². The van der Waals surface area contributed by atoms with E-state index in [4.69, 9.17) is 4.74 Å². The quantitative estimate of drug-likeness (QED) is 0.774. The number of carbonyl (C=O) groups is 2. The molecule has 2 fully saturated rings. The number of likely N-dealkylation sites (tertiary alicyclic amines) is 1. The molecule has 1 aromatic heterocycles. The zero-order valence-electron chi connectivity index (χ0n) is 16.0. The lowest BCUT2D eigenvalue weighted by atomic mass is 10.0. The number of amides is 2. The summed E-state index contributed by atoms with van der Waals surface area (Å²) in [5.41, 5.74) is 0.392. The normalized spacial score (nSPS) is 20.2. The molecule has 2 amide bonds. The molecule has 1 unspecified atom stereocenters. The van der Waals surface area contributed by atoms with Crippen LogP contribution in [0.3, 0.4) is 0 Å². The van der Waals surface area contributed by atoms with Gasteiger partial charge in [0.1, 0.15) is 19.5 Å². The lowest BCUT2D eigenvalue weighted by Gasteiger charge is -2.38. The zero-order valence-corrected chi connectivity index (χ0v) is 16.0. The molecule has 1 aromatic rings. The van der Waals surface area contributed by atoms with Gasteiger partial charge in [-0.3, -0.25) is 9.69 Å². The molecule has 2 aliphatic heterocycles. The summed E-state index contributed by atoms with van der Waals surface area (Å²) in [5, 5.41) is 0. The van der Waals surface area contributed by atoms with Gasteiger partial charge in [0.05, 0.1) is 12.2 Å². The molecule has 148 valence electrons. The number of piperidine rings is 1. The maximum absolute atomic E-state index is 14.8. The lowest BCUT2D eigenvalue weighted by Crippen LogP contribution is -2.51. The Morgan fingerprint density at radius 2 is 2.19 bits per heavy atom. The van der Waals surface area contributed by atoms with Crippen LogP contribution in [-0.4, -0.2) is 77.6 Å². The Morgan fingerprint density at radius 3 is 2.85 bits per heavy atom. The highest BCUT2D eigenvalue weighted by Gasteiger charge is 2.31. The number of rotatable bonds is 5. The van der Waals surface area contributed by atoms with Crippen molar-refractivity contribution in [3.05, 3.63) is 17.8 Å². The summed E-state index contributed by atoms with van der Waals surface area (Å²) in [7, 11) is 1.80. The molecule has 0 aromatic carbocycles. The van der Waals surface area contributed by atoms with E-state index >= 15 is 0 Å². The van der Waals surface area contributed by atoms with Gasteiger partial charge >= 0.3 is 6.09 Å². The van der Waals surface area contributed by atoms with Crippen LogP contribution in [0.2, 0.25) is 0 Å². The van der Waals surface area contributed by atoms with Crippen molar-refractivity contribution in [3.63, 3.8) is 0 Å². The van der Waals surface area contributed by atoms with E-state index in [-0.39, 0.29) is 30.2 Å². The van der Waals surface area contributed by atoms with Crippen LogP contribution >= 0.6 is 0 Å². The first-order chi connectivity index (χ1) is 12.9. The largest absolute Gasteiger partial charge is 0.448 e. The van der Waals surface area contributed by atoms with E-state index in [0.29, 0.717) is 31.9 Å². The van der Waals surface area contributed by atoms with Gasteiger partial charge in [-0.2, -0.15) is 0 Å². The molecule has 0 bridgehead atoms. The Bertz CT molecular complexity index is 714. The smallest absolute Gasteiger partial charge is 0.410 e. The van der Waals surface area contributed by atoms with Gasteiger partial charge in [0.15, 0.2) is 11.6 Å². The molecule has 0 aliphatic carbocycles. The minimum absolute atomic E-state index is 0.0225. The number of cyclic esters (lactones) is 1. The van der Waals surface area contributed by atoms with E-state index in [0.717, 1.165) is 12.8 Å². The Hall–Kier alpha value is -2.45. The highest BCUT2D eigenvalue weighted by Crippen LogP contribution is 2.26. The molecule has 3 heterocycles. The van der Waals surface area contributed by atoms with Gasteiger partial charge < -0.3 is 14.5 Å². The highest BCUT2D eigenvalue weighted by atomic mass is 19.1. The zero-order chi connectivity index (χ0) is 19.6. The standard InChI is InChI=1S/C18H26FN5O3/c1-12(2)16-15(19)17(21-11-20-16)22(3)13-5-4-6-23(9-13)14(25)10-24-7-8-27-18(24)26/h11-13H,4-10H2,1-3H3. The van der Waals surface area contributed by atoms with Crippen molar-refractivity contribution in [1.82, 2.24) is 19.8 Å². The van der Waals surface area contributed by atoms with Crippen molar-refractivity contribution in [2.75, 3.05) is 44.7 Å². The Morgan fingerprint density at radius 1 is 1.41 bits per heavy atom. The van der Waals surface area contributed by atoms with Crippen molar-refractivity contribution < 1.29 is 18.7 Å². The number of carbonyl (C=O) groups excluding carboxylic acids is 2. The maximum atomic E-state index is 14.8. The second-order valence-corrected chi connectivity index (χ2v) is 7.33. The third-order valence-corrected chi connectivity index (χ3v) is 5.15. The minimum atomic E-state index is -0.446. The molecular formula is C18H26FN5O3. The van der Waals surface area contributed by atoms with Gasteiger partial charge in [0.25, 0.3) is 0 Å². The molecular weight excluding hydrogens is 353 g/mol. The maximum Gasteiger partial charge on any atom is 0.410 e. The third-order valence-electron chi connectivity index (χ3n) is 5.15. The van der Waals surface area contributed by atoms with Crippen molar-refractivity contribution in [2.45, 2.75) is 38.6 Å². The first kappa shape index (κ1) is 19.3. The van der Waals surface area contributed by atoms with E-state index in [1.807, 2.05) is 13.8 Å². The fourth-order valence-electron chi connectivity index (χ4n) is 3.52. The molecule has 9 heteroatoms. The first-order valence-electron chi connectivity index (χ1n) is 9.31. The summed E-state index contributed by atoms with van der Waals surface area (Å²) in [6.45, 7) is 5.66. The van der Waals surface area contributed by atoms with Crippen molar-refractivity contribution in [2.24, 2.45) is 0 Å².